The molecule has 140 valence electrons. The number of rotatable bonds is 4. The summed E-state index contributed by atoms with van der Waals surface area (Å²) in [6.07, 6.45) is 0. The van der Waals surface area contributed by atoms with Gasteiger partial charge in [0.15, 0.2) is 0 Å². The number of anilines is 2. The Labute approximate surface area is 165 Å². The number of amides is 2. The first-order valence-electron chi connectivity index (χ1n) is 8.73. The maximum atomic E-state index is 14.3. The molecule has 1 N–H and O–H groups in total. The van der Waals surface area contributed by atoms with Crippen LogP contribution in [0.25, 0.3) is 5.57 Å². The summed E-state index contributed by atoms with van der Waals surface area (Å²) in [6, 6.07) is 15.1. The fraction of sp³-hybridized carbons (Fsp3) is 0.0909. The first kappa shape index (κ1) is 18.1. The van der Waals surface area contributed by atoms with Crippen molar-refractivity contribution in [3.63, 3.8) is 0 Å². The molecule has 0 aliphatic carbocycles. The topological polar surface area (TPSA) is 49.4 Å². The fourth-order valence-electron chi connectivity index (χ4n) is 3.17. The van der Waals surface area contributed by atoms with Crippen LogP contribution in [0.15, 0.2) is 65.7 Å². The summed E-state index contributed by atoms with van der Waals surface area (Å²) < 4.78 is 14.3. The van der Waals surface area contributed by atoms with Gasteiger partial charge < -0.3 is 5.32 Å². The van der Waals surface area contributed by atoms with Gasteiger partial charge in [0.25, 0.3) is 11.8 Å². The predicted octanol–water partition coefficient (Wildman–Crippen LogP) is 4.90. The van der Waals surface area contributed by atoms with Gasteiger partial charge in [0.05, 0.1) is 11.3 Å². The van der Waals surface area contributed by atoms with E-state index in [0.29, 0.717) is 4.88 Å². The number of hydrogen-bond donors (Lipinski definition) is 1. The molecular weight excluding hydrogens is 375 g/mol. The van der Waals surface area contributed by atoms with E-state index in [9.17, 15) is 14.0 Å². The van der Waals surface area contributed by atoms with Crippen molar-refractivity contribution in [2.24, 2.45) is 0 Å². The zero-order chi connectivity index (χ0) is 19.8. The van der Waals surface area contributed by atoms with Gasteiger partial charge in [0.1, 0.15) is 11.5 Å². The predicted molar refractivity (Wildman–Crippen MR) is 110 cm³/mol. The molecule has 0 fully saturated rings. The van der Waals surface area contributed by atoms with Crippen molar-refractivity contribution in [3.8, 4) is 0 Å². The van der Waals surface area contributed by atoms with Crippen LogP contribution in [0.4, 0.5) is 15.8 Å². The van der Waals surface area contributed by atoms with Crippen molar-refractivity contribution < 1.29 is 14.0 Å². The molecule has 4 rings (SSSR count). The smallest absolute Gasteiger partial charge is 0.282 e. The summed E-state index contributed by atoms with van der Waals surface area (Å²) in [5, 5.41) is 4.97. The Morgan fingerprint density at radius 2 is 1.71 bits per heavy atom. The third-order valence-electron chi connectivity index (χ3n) is 4.81. The SMILES string of the molecule is Cc1cccc(NC2=C(c3cccs3)C(=O)N(c3ccccc3F)C2=O)c1C. The number of nitrogens with zero attached hydrogens (tertiary/aromatic N) is 1. The quantitative estimate of drug-likeness (QED) is 0.643. The molecule has 0 spiro atoms. The van der Waals surface area contributed by atoms with Gasteiger partial charge in [-0.25, -0.2) is 9.29 Å². The summed E-state index contributed by atoms with van der Waals surface area (Å²) >= 11 is 1.36. The van der Waals surface area contributed by atoms with Crippen molar-refractivity contribution in [1.82, 2.24) is 0 Å². The van der Waals surface area contributed by atoms with Crippen LogP contribution in [0.1, 0.15) is 16.0 Å². The van der Waals surface area contributed by atoms with Crippen molar-refractivity contribution in [2.75, 3.05) is 10.2 Å². The Morgan fingerprint density at radius 3 is 2.43 bits per heavy atom. The van der Waals surface area contributed by atoms with Crippen LogP contribution >= 0.6 is 11.3 Å². The van der Waals surface area contributed by atoms with Crippen molar-refractivity contribution in [3.05, 3.63) is 87.5 Å². The fourth-order valence-corrected chi connectivity index (χ4v) is 3.94. The Bertz CT molecular complexity index is 1120. The first-order valence-corrected chi connectivity index (χ1v) is 9.61. The van der Waals surface area contributed by atoms with E-state index >= 15 is 0 Å². The van der Waals surface area contributed by atoms with E-state index in [1.165, 1.54) is 29.5 Å². The zero-order valence-electron chi connectivity index (χ0n) is 15.3. The highest BCUT2D eigenvalue weighted by atomic mass is 32.1. The second-order valence-electron chi connectivity index (χ2n) is 6.50. The number of aryl methyl sites for hydroxylation is 1. The molecule has 0 bridgehead atoms. The number of carbonyl (C=O) groups excluding carboxylic acids is 2. The molecule has 28 heavy (non-hydrogen) atoms. The van der Waals surface area contributed by atoms with Gasteiger partial charge in [0.2, 0.25) is 0 Å². The first-order chi connectivity index (χ1) is 13.5. The van der Waals surface area contributed by atoms with Gasteiger partial charge in [-0.15, -0.1) is 11.3 Å². The van der Waals surface area contributed by atoms with Crippen LogP contribution < -0.4 is 10.2 Å². The molecule has 0 saturated carbocycles. The number of nitrogens with one attached hydrogen (secondary N) is 1. The lowest BCUT2D eigenvalue weighted by molar-refractivity contribution is -0.120. The minimum Gasteiger partial charge on any atom is -0.350 e. The minimum atomic E-state index is -0.622. The second-order valence-corrected chi connectivity index (χ2v) is 7.44. The van der Waals surface area contributed by atoms with Crippen molar-refractivity contribution in [2.45, 2.75) is 13.8 Å². The molecule has 0 radical (unpaired) electrons. The summed E-state index contributed by atoms with van der Waals surface area (Å²) in [6.45, 7) is 3.92. The average molecular weight is 392 g/mol. The average Bonchev–Trinajstić information content (AvgIpc) is 3.27. The molecule has 6 heteroatoms. The lowest BCUT2D eigenvalue weighted by Crippen LogP contribution is -2.33. The Hall–Kier alpha value is -3.25. The molecule has 3 aromatic rings. The van der Waals surface area contributed by atoms with Crippen LogP contribution in [0.3, 0.4) is 0 Å². The van der Waals surface area contributed by atoms with Crippen LogP contribution in [-0.2, 0) is 9.59 Å². The van der Waals surface area contributed by atoms with E-state index in [4.69, 9.17) is 0 Å². The number of para-hydroxylation sites is 1. The second kappa shape index (κ2) is 7.05. The van der Waals surface area contributed by atoms with Gasteiger partial charge in [0, 0.05) is 10.6 Å². The van der Waals surface area contributed by atoms with Gasteiger partial charge in [-0.1, -0.05) is 30.3 Å². The number of thiophene rings is 1. The van der Waals surface area contributed by atoms with Gasteiger partial charge in [-0.3, -0.25) is 9.59 Å². The molecule has 2 aromatic carbocycles. The van der Waals surface area contributed by atoms with Gasteiger partial charge in [-0.2, -0.15) is 0 Å². The number of benzene rings is 2. The Kier molecular flexibility index (Phi) is 4.57. The van der Waals surface area contributed by atoms with Crippen LogP contribution in [0.5, 0.6) is 0 Å². The number of hydrogen-bond acceptors (Lipinski definition) is 4. The van der Waals surface area contributed by atoms with E-state index in [1.54, 1.807) is 12.1 Å². The lowest BCUT2D eigenvalue weighted by Gasteiger charge is -2.16. The van der Waals surface area contributed by atoms with Gasteiger partial charge >= 0.3 is 0 Å². The summed E-state index contributed by atoms with van der Waals surface area (Å²) in [5.74, 6) is -1.73. The number of halogens is 1. The lowest BCUT2D eigenvalue weighted by atomic mass is 10.1. The highest BCUT2D eigenvalue weighted by Gasteiger charge is 2.41. The molecule has 1 aliphatic rings. The molecule has 0 atom stereocenters. The molecule has 1 aliphatic heterocycles. The van der Waals surface area contributed by atoms with E-state index in [0.717, 1.165) is 21.7 Å². The minimum absolute atomic E-state index is 0.0516. The van der Waals surface area contributed by atoms with E-state index < -0.39 is 17.6 Å². The third kappa shape index (κ3) is 2.92. The summed E-state index contributed by atoms with van der Waals surface area (Å²) in [5.41, 5.74) is 3.13. The van der Waals surface area contributed by atoms with Crippen LogP contribution in [0.2, 0.25) is 0 Å². The largest absolute Gasteiger partial charge is 0.350 e. The van der Waals surface area contributed by atoms with Crippen LogP contribution in [-0.4, -0.2) is 11.8 Å². The monoisotopic (exact) mass is 392 g/mol. The maximum Gasteiger partial charge on any atom is 0.282 e. The molecule has 2 amide bonds. The zero-order valence-corrected chi connectivity index (χ0v) is 16.1. The third-order valence-corrected chi connectivity index (χ3v) is 5.70. The van der Waals surface area contributed by atoms with Gasteiger partial charge in [-0.05, 0) is 54.6 Å². The molecule has 1 aromatic heterocycles. The highest BCUT2D eigenvalue weighted by molar-refractivity contribution is 7.11. The molecule has 4 nitrogen and oxygen atoms in total. The van der Waals surface area contributed by atoms with Crippen molar-refractivity contribution in [1.29, 1.82) is 0 Å². The molecule has 2 heterocycles. The van der Waals surface area contributed by atoms with E-state index in [1.807, 2.05) is 43.5 Å². The van der Waals surface area contributed by atoms with Crippen LogP contribution in [0, 0.1) is 19.7 Å². The van der Waals surface area contributed by atoms with E-state index in [-0.39, 0.29) is 17.0 Å². The molecule has 0 saturated heterocycles. The standard InChI is InChI=1S/C22H17FN2O2S/c1-13-7-5-9-16(14(13)2)24-20-19(18-11-6-12-28-18)21(26)25(22(20)27)17-10-4-3-8-15(17)23/h3-12,24H,1-2H3. The molecular formula is C22H17FN2O2S. The maximum absolute atomic E-state index is 14.3. The summed E-state index contributed by atoms with van der Waals surface area (Å²) in [4.78, 5) is 27.9. The highest BCUT2D eigenvalue weighted by Crippen LogP contribution is 2.36. The summed E-state index contributed by atoms with van der Waals surface area (Å²) in [7, 11) is 0. The normalized spacial score (nSPS) is 14.2. The molecule has 0 unspecified atom stereocenters. The van der Waals surface area contributed by atoms with E-state index in [2.05, 4.69) is 5.32 Å². The number of carbonyl (C=O) groups is 2. The Morgan fingerprint density at radius 1 is 0.929 bits per heavy atom. The van der Waals surface area contributed by atoms with Crippen molar-refractivity contribution >= 4 is 40.1 Å². The Balaban J connectivity index is 1.85. The number of imide groups is 1.